The van der Waals surface area contributed by atoms with Gasteiger partial charge >= 0.3 is 0 Å². The van der Waals surface area contributed by atoms with Crippen molar-refractivity contribution in [2.45, 2.75) is 52.5 Å². The van der Waals surface area contributed by atoms with Crippen LogP contribution >= 0.6 is 23.7 Å². The first-order chi connectivity index (χ1) is 9.52. The highest BCUT2D eigenvalue weighted by molar-refractivity contribution is 7.11. The summed E-state index contributed by atoms with van der Waals surface area (Å²) in [4.78, 5) is 18.1. The Kier molecular flexibility index (Phi) is 7.10. The van der Waals surface area contributed by atoms with Crippen LogP contribution in [0.25, 0.3) is 0 Å². The van der Waals surface area contributed by atoms with E-state index >= 15 is 0 Å². The number of thiazole rings is 1. The van der Waals surface area contributed by atoms with Crippen molar-refractivity contribution >= 4 is 29.7 Å². The molecule has 0 spiro atoms. The average molecular weight is 332 g/mol. The van der Waals surface area contributed by atoms with Gasteiger partial charge in [-0.25, -0.2) is 4.98 Å². The molecule has 1 heterocycles. The van der Waals surface area contributed by atoms with Crippen LogP contribution in [-0.4, -0.2) is 17.4 Å². The highest BCUT2D eigenvalue weighted by Gasteiger charge is 2.31. The molecule has 1 aliphatic carbocycles. The molecule has 0 radical (unpaired) electrons. The van der Waals surface area contributed by atoms with E-state index < -0.39 is 0 Å². The van der Waals surface area contributed by atoms with Crippen LogP contribution in [0.15, 0.2) is 0 Å². The molecule has 0 bridgehead atoms. The summed E-state index contributed by atoms with van der Waals surface area (Å²) < 4.78 is 0. The fourth-order valence-corrected chi connectivity index (χ4v) is 4.06. The number of aryl methyl sites for hydroxylation is 1. The first-order valence-corrected chi connectivity index (χ1v) is 8.28. The van der Waals surface area contributed by atoms with Crippen molar-refractivity contribution in [2.75, 3.05) is 6.54 Å². The number of amides is 1. The molecule has 0 unspecified atom stereocenters. The van der Waals surface area contributed by atoms with Gasteiger partial charge in [-0.2, -0.15) is 0 Å². The predicted molar refractivity (Wildman–Crippen MR) is 89.9 cm³/mol. The number of aromatic nitrogens is 1. The molecule has 1 aromatic heterocycles. The quantitative estimate of drug-likeness (QED) is 0.871. The van der Waals surface area contributed by atoms with Gasteiger partial charge < -0.3 is 11.1 Å². The minimum atomic E-state index is 0. The Hall–Kier alpha value is -0.650. The first kappa shape index (κ1) is 18.4. The Balaban J connectivity index is 0.00000220. The predicted octanol–water partition coefficient (Wildman–Crippen LogP) is 2.99. The Morgan fingerprint density at radius 3 is 2.76 bits per heavy atom. The SMILES string of the molecule is Cc1sc(CNC(=O)[C@@H]2CCC[C@@H]2CN)nc1C(C)C.Cl. The third-order valence-electron chi connectivity index (χ3n) is 4.14. The van der Waals surface area contributed by atoms with Crippen molar-refractivity contribution in [1.82, 2.24) is 10.3 Å². The molecule has 2 rings (SSSR count). The number of halogens is 1. The minimum Gasteiger partial charge on any atom is -0.349 e. The highest BCUT2D eigenvalue weighted by atomic mass is 35.5. The lowest BCUT2D eigenvalue weighted by atomic mass is 9.95. The van der Waals surface area contributed by atoms with Crippen LogP contribution in [0.1, 0.15) is 54.6 Å². The first-order valence-electron chi connectivity index (χ1n) is 7.47. The summed E-state index contributed by atoms with van der Waals surface area (Å²) in [5.74, 6) is 1.05. The van der Waals surface area contributed by atoms with Gasteiger partial charge in [0.25, 0.3) is 0 Å². The number of hydrogen-bond donors (Lipinski definition) is 2. The Morgan fingerprint density at radius 1 is 1.48 bits per heavy atom. The van der Waals surface area contributed by atoms with Gasteiger partial charge in [0.15, 0.2) is 0 Å². The van der Waals surface area contributed by atoms with Crippen LogP contribution in [0.4, 0.5) is 0 Å². The fourth-order valence-electron chi connectivity index (χ4n) is 3.03. The third-order valence-corrected chi connectivity index (χ3v) is 5.12. The summed E-state index contributed by atoms with van der Waals surface area (Å²) >= 11 is 1.68. The number of carbonyl (C=O) groups excluding carboxylic acids is 1. The molecule has 4 nitrogen and oxygen atoms in total. The number of carbonyl (C=O) groups is 1. The van der Waals surface area contributed by atoms with Crippen molar-refractivity contribution in [2.24, 2.45) is 17.6 Å². The fraction of sp³-hybridized carbons (Fsp3) is 0.733. The molecule has 2 atom stereocenters. The van der Waals surface area contributed by atoms with E-state index in [1.165, 1.54) is 4.88 Å². The summed E-state index contributed by atoms with van der Waals surface area (Å²) in [5, 5.41) is 4.04. The van der Waals surface area contributed by atoms with Gasteiger partial charge in [0.2, 0.25) is 5.91 Å². The van der Waals surface area contributed by atoms with Gasteiger partial charge in [-0.3, -0.25) is 4.79 Å². The van der Waals surface area contributed by atoms with E-state index in [-0.39, 0.29) is 24.2 Å². The standard InChI is InChI=1S/C15H25N3OS.ClH/c1-9(2)14-10(3)20-13(18-14)8-17-15(19)12-6-4-5-11(12)7-16;/h9,11-12H,4-8,16H2,1-3H3,(H,17,19);1H/t11-,12-;/m1./s1. The zero-order chi connectivity index (χ0) is 14.7. The molecule has 1 fully saturated rings. The van der Waals surface area contributed by atoms with E-state index in [0.29, 0.717) is 24.9 Å². The Morgan fingerprint density at radius 2 is 2.19 bits per heavy atom. The second-order valence-corrected chi connectivity index (χ2v) is 7.24. The van der Waals surface area contributed by atoms with Crippen molar-refractivity contribution < 1.29 is 4.79 Å². The Labute approximate surface area is 137 Å². The Bertz CT molecular complexity index is 475. The number of nitrogens with zero attached hydrogens (tertiary/aromatic N) is 1. The second-order valence-electron chi connectivity index (χ2n) is 5.95. The van der Waals surface area contributed by atoms with E-state index in [1.54, 1.807) is 11.3 Å². The van der Waals surface area contributed by atoms with Crippen LogP contribution < -0.4 is 11.1 Å². The van der Waals surface area contributed by atoms with Gasteiger partial charge in [-0.1, -0.05) is 20.3 Å². The van der Waals surface area contributed by atoms with Gasteiger partial charge in [0.1, 0.15) is 5.01 Å². The van der Waals surface area contributed by atoms with E-state index in [4.69, 9.17) is 5.73 Å². The van der Waals surface area contributed by atoms with E-state index in [2.05, 4.69) is 31.1 Å². The van der Waals surface area contributed by atoms with Crippen molar-refractivity contribution in [3.05, 3.63) is 15.6 Å². The zero-order valence-electron chi connectivity index (χ0n) is 13.0. The summed E-state index contributed by atoms with van der Waals surface area (Å²) in [6.07, 6.45) is 3.18. The summed E-state index contributed by atoms with van der Waals surface area (Å²) in [6, 6.07) is 0. The lowest BCUT2D eigenvalue weighted by Crippen LogP contribution is -2.34. The maximum Gasteiger partial charge on any atom is 0.223 e. The molecular formula is C15H26ClN3OS. The number of nitrogens with one attached hydrogen (secondary N) is 1. The lowest BCUT2D eigenvalue weighted by Gasteiger charge is -2.16. The molecule has 1 aromatic rings. The number of hydrogen-bond acceptors (Lipinski definition) is 4. The van der Waals surface area contributed by atoms with Crippen LogP contribution in [0.3, 0.4) is 0 Å². The molecule has 120 valence electrons. The van der Waals surface area contributed by atoms with Gasteiger partial charge in [-0.05, 0) is 38.1 Å². The highest BCUT2D eigenvalue weighted by Crippen LogP contribution is 2.31. The lowest BCUT2D eigenvalue weighted by molar-refractivity contribution is -0.126. The van der Waals surface area contributed by atoms with Gasteiger partial charge in [0, 0.05) is 10.8 Å². The van der Waals surface area contributed by atoms with E-state index in [1.807, 2.05) is 0 Å². The topological polar surface area (TPSA) is 68.0 Å². The molecule has 0 aliphatic heterocycles. The van der Waals surface area contributed by atoms with Crippen molar-refractivity contribution in [1.29, 1.82) is 0 Å². The maximum absolute atomic E-state index is 12.2. The number of nitrogens with two attached hydrogens (primary N) is 1. The van der Waals surface area contributed by atoms with Crippen LogP contribution in [0.5, 0.6) is 0 Å². The normalized spacial score (nSPS) is 21.4. The molecule has 0 aromatic carbocycles. The summed E-state index contributed by atoms with van der Waals surface area (Å²) in [7, 11) is 0. The molecular weight excluding hydrogens is 306 g/mol. The average Bonchev–Trinajstić information content (AvgIpc) is 3.01. The van der Waals surface area contributed by atoms with Gasteiger partial charge in [-0.15, -0.1) is 23.7 Å². The van der Waals surface area contributed by atoms with Crippen LogP contribution in [0, 0.1) is 18.8 Å². The molecule has 6 heteroatoms. The minimum absolute atomic E-state index is 0. The monoisotopic (exact) mass is 331 g/mol. The molecule has 1 saturated carbocycles. The smallest absolute Gasteiger partial charge is 0.223 e. The molecule has 21 heavy (non-hydrogen) atoms. The third kappa shape index (κ3) is 4.41. The van der Waals surface area contributed by atoms with Crippen molar-refractivity contribution in [3.8, 4) is 0 Å². The largest absolute Gasteiger partial charge is 0.349 e. The summed E-state index contributed by atoms with van der Waals surface area (Å²) in [6.45, 7) is 7.56. The molecule has 1 aliphatic rings. The summed E-state index contributed by atoms with van der Waals surface area (Å²) in [5.41, 5.74) is 6.89. The second kappa shape index (κ2) is 8.11. The molecule has 1 amide bonds. The van der Waals surface area contributed by atoms with E-state index in [9.17, 15) is 4.79 Å². The van der Waals surface area contributed by atoms with Crippen LogP contribution in [0.2, 0.25) is 0 Å². The van der Waals surface area contributed by atoms with Gasteiger partial charge in [0.05, 0.1) is 12.2 Å². The molecule has 3 N–H and O–H groups in total. The maximum atomic E-state index is 12.2. The van der Waals surface area contributed by atoms with Crippen LogP contribution in [-0.2, 0) is 11.3 Å². The molecule has 0 saturated heterocycles. The van der Waals surface area contributed by atoms with E-state index in [0.717, 1.165) is 30.0 Å². The number of rotatable bonds is 5. The zero-order valence-corrected chi connectivity index (χ0v) is 14.6. The van der Waals surface area contributed by atoms with Crippen molar-refractivity contribution in [3.63, 3.8) is 0 Å².